The number of halogens is 1. The molecular weight excluding hydrogens is 182 g/mol. The summed E-state index contributed by atoms with van der Waals surface area (Å²) in [7, 11) is 6.59. The lowest BCUT2D eigenvalue weighted by Crippen LogP contribution is -1.65. The van der Waals surface area contributed by atoms with Gasteiger partial charge in [-0.1, -0.05) is 0 Å². The van der Waals surface area contributed by atoms with Gasteiger partial charge >= 0.3 is 0 Å². The summed E-state index contributed by atoms with van der Waals surface area (Å²) in [5, 5.41) is 0. The maximum absolute atomic E-state index is 9.81. The molecule has 0 radical (unpaired) electrons. The van der Waals surface area contributed by atoms with Crippen LogP contribution in [0.1, 0.15) is 0 Å². The lowest BCUT2D eigenvalue weighted by atomic mass is 10.3. The SMILES string of the molecule is O=C=Nc1ccc(SCl)cc1. The molecule has 0 spiro atoms. The van der Waals surface area contributed by atoms with Gasteiger partial charge in [-0.25, -0.2) is 4.79 Å². The molecule has 0 amide bonds. The molecule has 0 aliphatic heterocycles. The van der Waals surface area contributed by atoms with Crippen molar-refractivity contribution in [1.29, 1.82) is 0 Å². The summed E-state index contributed by atoms with van der Waals surface area (Å²) in [6, 6.07) is 6.98. The lowest BCUT2D eigenvalue weighted by molar-refractivity contribution is 0.565. The Morgan fingerprint density at radius 2 is 2.00 bits per heavy atom. The van der Waals surface area contributed by atoms with Crippen LogP contribution in [-0.4, -0.2) is 6.08 Å². The first-order valence-corrected chi connectivity index (χ1v) is 4.47. The van der Waals surface area contributed by atoms with Crippen molar-refractivity contribution in [3.8, 4) is 0 Å². The Hall–Kier alpha value is -0.760. The predicted molar refractivity (Wildman–Crippen MR) is 45.9 cm³/mol. The minimum absolute atomic E-state index is 0.592. The van der Waals surface area contributed by atoms with E-state index in [-0.39, 0.29) is 0 Å². The van der Waals surface area contributed by atoms with Gasteiger partial charge in [-0.3, -0.25) is 0 Å². The van der Waals surface area contributed by atoms with Gasteiger partial charge in [0.1, 0.15) is 0 Å². The highest BCUT2D eigenvalue weighted by molar-refractivity contribution is 8.21. The molecule has 2 nitrogen and oxygen atoms in total. The number of isocyanates is 1. The molecule has 4 heteroatoms. The van der Waals surface area contributed by atoms with Crippen LogP contribution >= 0.6 is 21.7 Å². The maximum atomic E-state index is 9.81. The zero-order valence-electron chi connectivity index (χ0n) is 5.45. The monoisotopic (exact) mass is 185 g/mol. The number of carbonyl (C=O) groups excluding carboxylic acids is 1. The van der Waals surface area contributed by atoms with E-state index in [1.54, 1.807) is 24.3 Å². The Labute approximate surface area is 72.8 Å². The van der Waals surface area contributed by atoms with Crippen LogP contribution in [0.5, 0.6) is 0 Å². The maximum Gasteiger partial charge on any atom is 0.240 e. The van der Waals surface area contributed by atoms with Gasteiger partial charge in [0.15, 0.2) is 0 Å². The Morgan fingerprint density at radius 1 is 1.36 bits per heavy atom. The molecule has 1 rings (SSSR count). The summed E-state index contributed by atoms with van der Waals surface area (Å²) in [6.07, 6.45) is 1.46. The Balaban J connectivity index is 2.91. The van der Waals surface area contributed by atoms with Gasteiger partial charge in [-0.2, -0.15) is 4.99 Å². The van der Waals surface area contributed by atoms with Crippen molar-refractivity contribution < 1.29 is 4.79 Å². The van der Waals surface area contributed by atoms with Gasteiger partial charge in [0.05, 0.1) is 5.69 Å². The number of hydrogen-bond acceptors (Lipinski definition) is 3. The third-order valence-electron chi connectivity index (χ3n) is 1.10. The molecule has 0 aliphatic rings. The van der Waals surface area contributed by atoms with Crippen LogP contribution in [-0.2, 0) is 4.79 Å². The first-order valence-electron chi connectivity index (χ1n) is 2.83. The van der Waals surface area contributed by atoms with E-state index < -0.39 is 0 Å². The van der Waals surface area contributed by atoms with Gasteiger partial charge in [0.2, 0.25) is 6.08 Å². The molecule has 0 aromatic heterocycles. The Kier molecular flexibility index (Phi) is 3.17. The fourth-order valence-electron chi connectivity index (χ4n) is 0.625. The van der Waals surface area contributed by atoms with E-state index in [0.717, 1.165) is 15.9 Å². The summed E-state index contributed by atoms with van der Waals surface area (Å²) in [4.78, 5) is 14.2. The van der Waals surface area contributed by atoms with Crippen molar-refractivity contribution in [2.24, 2.45) is 4.99 Å². The van der Waals surface area contributed by atoms with Crippen molar-refractivity contribution in [3.63, 3.8) is 0 Å². The van der Waals surface area contributed by atoms with Crippen LogP contribution in [0.4, 0.5) is 5.69 Å². The zero-order chi connectivity index (χ0) is 8.10. The molecule has 0 unspecified atom stereocenters. The van der Waals surface area contributed by atoms with Gasteiger partial charge in [-0.15, -0.1) is 0 Å². The molecule has 56 valence electrons. The van der Waals surface area contributed by atoms with Gasteiger partial charge in [-0.05, 0) is 45.9 Å². The number of benzene rings is 1. The predicted octanol–water partition coefficient (Wildman–Crippen LogP) is 2.90. The van der Waals surface area contributed by atoms with Crippen molar-refractivity contribution in [2.45, 2.75) is 4.90 Å². The van der Waals surface area contributed by atoms with Crippen molar-refractivity contribution in [2.75, 3.05) is 0 Å². The van der Waals surface area contributed by atoms with Crippen molar-refractivity contribution in [3.05, 3.63) is 24.3 Å². The fraction of sp³-hybridized carbons (Fsp3) is 0. The number of aliphatic imine (C=N–C) groups is 1. The van der Waals surface area contributed by atoms with Crippen LogP contribution in [0.2, 0.25) is 0 Å². The minimum Gasteiger partial charge on any atom is -0.211 e. The second-order valence-corrected chi connectivity index (χ2v) is 2.86. The zero-order valence-corrected chi connectivity index (χ0v) is 7.02. The van der Waals surface area contributed by atoms with E-state index in [0.29, 0.717) is 5.69 Å². The molecule has 11 heavy (non-hydrogen) atoms. The minimum atomic E-state index is 0.592. The van der Waals surface area contributed by atoms with Gasteiger partial charge in [0.25, 0.3) is 0 Å². The highest BCUT2D eigenvalue weighted by atomic mass is 35.7. The smallest absolute Gasteiger partial charge is 0.211 e. The third kappa shape index (κ3) is 2.39. The Bertz CT molecular complexity index is 279. The summed E-state index contributed by atoms with van der Waals surface area (Å²) in [5.74, 6) is 0. The molecule has 0 aliphatic carbocycles. The lowest BCUT2D eigenvalue weighted by Gasteiger charge is -1.92. The molecule has 0 heterocycles. The van der Waals surface area contributed by atoms with E-state index in [9.17, 15) is 4.79 Å². The van der Waals surface area contributed by atoms with Crippen LogP contribution in [0.15, 0.2) is 34.2 Å². The fourth-order valence-corrected chi connectivity index (χ4v) is 1.17. The second kappa shape index (κ2) is 4.19. The van der Waals surface area contributed by atoms with E-state index in [1.165, 1.54) is 6.08 Å². The van der Waals surface area contributed by atoms with E-state index in [1.807, 2.05) is 0 Å². The first-order chi connectivity index (χ1) is 5.36. The van der Waals surface area contributed by atoms with E-state index >= 15 is 0 Å². The highest BCUT2D eigenvalue weighted by Gasteiger charge is 1.90. The molecule has 0 saturated carbocycles. The van der Waals surface area contributed by atoms with Gasteiger partial charge in [0, 0.05) is 4.90 Å². The largest absolute Gasteiger partial charge is 0.240 e. The number of hydrogen-bond donors (Lipinski definition) is 0. The molecule has 0 fully saturated rings. The Morgan fingerprint density at radius 3 is 2.45 bits per heavy atom. The normalized spacial score (nSPS) is 8.82. The third-order valence-corrected chi connectivity index (χ3v) is 2.09. The molecule has 1 aromatic carbocycles. The van der Waals surface area contributed by atoms with E-state index in [4.69, 9.17) is 10.7 Å². The second-order valence-electron chi connectivity index (χ2n) is 1.77. The molecule has 0 bridgehead atoms. The molecule has 0 N–H and O–H groups in total. The first kappa shape index (κ1) is 8.34. The number of nitrogens with zero attached hydrogens (tertiary/aromatic N) is 1. The van der Waals surface area contributed by atoms with Gasteiger partial charge < -0.3 is 0 Å². The van der Waals surface area contributed by atoms with Crippen LogP contribution < -0.4 is 0 Å². The summed E-state index contributed by atoms with van der Waals surface area (Å²) >= 11 is 0. The molecule has 1 aromatic rings. The summed E-state index contributed by atoms with van der Waals surface area (Å²) in [6.45, 7) is 0. The average Bonchev–Trinajstić information content (AvgIpc) is 2.07. The van der Waals surface area contributed by atoms with Crippen molar-refractivity contribution >= 4 is 33.4 Å². The molecule has 0 saturated heterocycles. The van der Waals surface area contributed by atoms with E-state index in [2.05, 4.69) is 4.99 Å². The van der Waals surface area contributed by atoms with Crippen molar-refractivity contribution in [1.82, 2.24) is 0 Å². The summed E-state index contributed by atoms with van der Waals surface area (Å²) in [5.41, 5.74) is 0.592. The van der Waals surface area contributed by atoms with Crippen LogP contribution in [0.3, 0.4) is 0 Å². The average molecular weight is 186 g/mol. The summed E-state index contributed by atoms with van der Waals surface area (Å²) < 4.78 is 0. The topological polar surface area (TPSA) is 29.4 Å². The molecular formula is C7H4ClNOS. The standard InChI is InChI=1S/C7H4ClNOS/c8-11-7-3-1-6(2-4-7)9-5-10/h1-4H. The number of rotatable bonds is 2. The van der Waals surface area contributed by atoms with Crippen LogP contribution in [0.25, 0.3) is 0 Å². The highest BCUT2D eigenvalue weighted by Crippen LogP contribution is 2.23. The van der Waals surface area contributed by atoms with Crippen LogP contribution in [0, 0.1) is 0 Å². The quantitative estimate of drug-likeness (QED) is 0.524. The molecule has 0 atom stereocenters.